The van der Waals surface area contributed by atoms with E-state index in [2.05, 4.69) is 25.6 Å². The van der Waals surface area contributed by atoms with Crippen LogP contribution in [0.15, 0.2) is 22.4 Å². The van der Waals surface area contributed by atoms with Crippen molar-refractivity contribution in [3.05, 3.63) is 28.6 Å². The summed E-state index contributed by atoms with van der Waals surface area (Å²) in [5.41, 5.74) is 1.94. The summed E-state index contributed by atoms with van der Waals surface area (Å²) in [5.74, 6) is 0. The molecule has 0 saturated carbocycles. The molecule has 0 atom stereocenters. The minimum Gasteiger partial charge on any atom is -0.192 e. The van der Waals surface area contributed by atoms with E-state index in [1.807, 2.05) is 17.5 Å². The first kappa shape index (κ1) is 9.57. The maximum absolute atomic E-state index is 9.09. The first-order chi connectivity index (χ1) is 6.77. The molecule has 0 unspecified atom stereocenters. The van der Waals surface area contributed by atoms with Gasteiger partial charge in [0, 0.05) is 15.7 Å². The van der Waals surface area contributed by atoms with Crippen molar-refractivity contribution in [3.63, 3.8) is 0 Å². The lowest BCUT2D eigenvalue weighted by atomic mass is 10.0. The van der Waals surface area contributed by atoms with Crippen LogP contribution in [0.3, 0.4) is 0 Å². The van der Waals surface area contributed by atoms with Gasteiger partial charge in [-0.3, -0.25) is 0 Å². The lowest BCUT2D eigenvalue weighted by Crippen LogP contribution is -1.86. The fourth-order valence-electron chi connectivity index (χ4n) is 1.54. The number of fused-ring (bicyclic) bond motifs is 1. The molecule has 0 fully saturated rings. The van der Waals surface area contributed by atoms with Gasteiger partial charge in [0.25, 0.3) is 0 Å². The van der Waals surface area contributed by atoms with E-state index in [0.717, 1.165) is 32.5 Å². The van der Waals surface area contributed by atoms with E-state index in [9.17, 15) is 0 Å². The Labute approximate surface area is 92.4 Å². The molecule has 0 aliphatic carbocycles. The predicted octanol–water partition coefficient (Wildman–Crippen LogP) is 3.62. The third-order valence-corrected chi connectivity index (χ3v) is 3.86. The van der Waals surface area contributed by atoms with Crippen LogP contribution in [0.2, 0.25) is 0 Å². The van der Waals surface area contributed by atoms with Crippen molar-refractivity contribution in [2.45, 2.75) is 18.2 Å². The van der Waals surface area contributed by atoms with Gasteiger partial charge in [0.1, 0.15) is 6.07 Å². The van der Waals surface area contributed by atoms with E-state index in [0.29, 0.717) is 0 Å². The number of rotatable bonds is 1. The minimum atomic E-state index is 0.815. The number of hydrogen-bond donors (Lipinski definition) is 1. The summed E-state index contributed by atoms with van der Waals surface area (Å²) >= 11 is 5.95. The van der Waals surface area contributed by atoms with Crippen LogP contribution in [-0.2, 0) is 6.42 Å². The van der Waals surface area contributed by atoms with Crippen LogP contribution in [0.1, 0.15) is 18.1 Å². The molecule has 0 aliphatic rings. The SMILES string of the molecule is CCc1ccc2c(S)csc2c1C#N. The van der Waals surface area contributed by atoms with Gasteiger partial charge in [-0.1, -0.05) is 19.1 Å². The molecule has 14 heavy (non-hydrogen) atoms. The van der Waals surface area contributed by atoms with Crippen LogP contribution in [0.4, 0.5) is 0 Å². The zero-order valence-corrected chi connectivity index (χ0v) is 9.45. The lowest BCUT2D eigenvalue weighted by molar-refractivity contribution is 1.14. The van der Waals surface area contributed by atoms with Crippen molar-refractivity contribution in [2.75, 3.05) is 0 Å². The molecule has 2 rings (SSSR count). The zero-order valence-electron chi connectivity index (χ0n) is 7.74. The van der Waals surface area contributed by atoms with Gasteiger partial charge in [-0.2, -0.15) is 5.26 Å². The summed E-state index contributed by atoms with van der Waals surface area (Å²) in [6.45, 7) is 2.07. The van der Waals surface area contributed by atoms with Crippen LogP contribution in [0.5, 0.6) is 0 Å². The van der Waals surface area contributed by atoms with Gasteiger partial charge in [-0.15, -0.1) is 24.0 Å². The lowest BCUT2D eigenvalue weighted by Gasteiger charge is -2.01. The van der Waals surface area contributed by atoms with Crippen LogP contribution in [0.25, 0.3) is 10.1 Å². The van der Waals surface area contributed by atoms with Crippen LogP contribution in [0, 0.1) is 11.3 Å². The van der Waals surface area contributed by atoms with E-state index in [1.165, 1.54) is 0 Å². The number of aryl methyl sites for hydroxylation is 1. The molecule has 0 spiro atoms. The summed E-state index contributed by atoms with van der Waals surface area (Å²) in [7, 11) is 0. The number of thiophene rings is 1. The predicted molar refractivity (Wildman–Crippen MR) is 63.2 cm³/mol. The summed E-state index contributed by atoms with van der Waals surface area (Å²) in [4.78, 5) is 0.962. The molecule has 1 aromatic carbocycles. The number of nitrogens with zero attached hydrogens (tertiary/aromatic N) is 1. The Morgan fingerprint density at radius 3 is 2.93 bits per heavy atom. The molecular weight excluding hydrogens is 210 g/mol. The third kappa shape index (κ3) is 1.31. The standard InChI is InChI=1S/C11H9NS2/c1-2-7-3-4-8-10(13)6-14-11(8)9(7)5-12/h3-4,6,13H,2H2,1H3. The summed E-state index contributed by atoms with van der Waals surface area (Å²) in [6, 6.07) is 6.35. The van der Waals surface area contributed by atoms with Gasteiger partial charge < -0.3 is 0 Å². The van der Waals surface area contributed by atoms with Crippen molar-refractivity contribution >= 4 is 34.1 Å². The molecule has 3 heteroatoms. The molecule has 0 bridgehead atoms. The first-order valence-electron chi connectivity index (χ1n) is 4.40. The van der Waals surface area contributed by atoms with Gasteiger partial charge >= 0.3 is 0 Å². The Hall–Kier alpha value is -0.980. The molecule has 1 heterocycles. The Morgan fingerprint density at radius 2 is 2.29 bits per heavy atom. The van der Waals surface area contributed by atoms with E-state index >= 15 is 0 Å². The minimum absolute atomic E-state index is 0.815. The highest BCUT2D eigenvalue weighted by Crippen LogP contribution is 2.32. The molecule has 1 nitrogen and oxygen atoms in total. The average Bonchev–Trinajstić information content (AvgIpc) is 2.59. The van der Waals surface area contributed by atoms with Crippen molar-refractivity contribution in [2.24, 2.45) is 0 Å². The van der Waals surface area contributed by atoms with E-state index in [1.54, 1.807) is 11.3 Å². The zero-order chi connectivity index (χ0) is 10.1. The molecule has 1 aromatic heterocycles. The number of benzene rings is 1. The summed E-state index contributed by atoms with van der Waals surface area (Å²) in [6.07, 6.45) is 0.901. The second-order valence-electron chi connectivity index (χ2n) is 3.06. The second-order valence-corrected chi connectivity index (χ2v) is 4.42. The first-order valence-corrected chi connectivity index (χ1v) is 5.72. The van der Waals surface area contributed by atoms with Crippen molar-refractivity contribution in [1.29, 1.82) is 5.26 Å². The van der Waals surface area contributed by atoms with E-state index < -0.39 is 0 Å². The van der Waals surface area contributed by atoms with Crippen LogP contribution >= 0.6 is 24.0 Å². The molecule has 0 radical (unpaired) electrons. The van der Waals surface area contributed by atoms with Gasteiger partial charge in [-0.25, -0.2) is 0 Å². The van der Waals surface area contributed by atoms with Gasteiger partial charge in [0.05, 0.1) is 10.3 Å². The monoisotopic (exact) mass is 219 g/mol. The van der Waals surface area contributed by atoms with Crippen molar-refractivity contribution < 1.29 is 0 Å². The molecular formula is C11H9NS2. The maximum atomic E-state index is 9.09. The highest BCUT2D eigenvalue weighted by Gasteiger charge is 2.09. The normalized spacial score (nSPS) is 10.4. The summed E-state index contributed by atoms with van der Waals surface area (Å²) in [5, 5.41) is 12.2. The highest BCUT2D eigenvalue weighted by molar-refractivity contribution is 7.80. The molecule has 0 aliphatic heterocycles. The Bertz CT molecular complexity index is 520. The van der Waals surface area contributed by atoms with E-state index in [4.69, 9.17) is 5.26 Å². The second kappa shape index (κ2) is 3.64. The third-order valence-electron chi connectivity index (χ3n) is 2.30. The molecule has 2 aromatic rings. The highest BCUT2D eigenvalue weighted by atomic mass is 32.1. The maximum Gasteiger partial charge on any atom is 0.101 e. The average molecular weight is 219 g/mol. The quantitative estimate of drug-likeness (QED) is 0.728. The Kier molecular flexibility index (Phi) is 2.49. The topological polar surface area (TPSA) is 23.8 Å². The van der Waals surface area contributed by atoms with Crippen molar-refractivity contribution in [1.82, 2.24) is 0 Å². The van der Waals surface area contributed by atoms with Crippen LogP contribution in [-0.4, -0.2) is 0 Å². The van der Waals surface area contributed by atoms with Gasteiger partial charge in [0.15, 0.2) is 0 Å². The number of nitriles is 1. The molecule has 0 amide bonds. The van der Waals surface area contributed by atoms with Gasteiger partial charge in [0.2, 0.25) is 0 Å². The van der Waals surface area contributed by atoms with Crippen LogP contribution < -0.4 is 0 Å². The molecule has 0 saturated heterocycles. The Morgan fingerprint density at radius 1 is 1.50 bits per heavy atom. The number of thiol groups is 1. The molecule has 70 valence electrons. The number of hydrogen-bond acceptors (Lipinski definition) is 3. The van der Waals surface area contributed by atoms with Gasteiger partial charge in [-0.05, 0) is 12.0 Å². The fourth-order valence-corrected chi connectivity index (χ4v) is 2.92. The molecule has 0 N–H and O–H groups in total. The van der Waals surface area contributed by atoms with Crippen molar-refractivity contribution in [3.8, 4) is 6.07 Å². The summed E-state index contributed by atoms with van der Waals surface area (Å²) < 4.78 is 1.07. The Balaban J connectivity index is 2.86. The van der Waals surface area contributed by atoms with E-state index in [-0.39, 0.29) is 0 Å². The smallest absolute Gasteiger partial charge is 0.101 e. The largest absolute Gasteiger partial charge is 0.192 e. The fraction of sp³-hybridized carbons (Fsp3) is 0.182.